The van der Waals surface area contributed by atoms with E-state index in [9.17, 15) is 18.8 Å². The number of benzene rings is 2. The van der Waals surface area contributed by atoms with Crippen LogP contribution in [0.3, 0.4) is 0 Å². The molecule has 0 radical (unpaired) electrons. The molecule has 180 valence electrons. The Hall–Kier alpha value is -3.42. The van der Waals surface area contributed by atoms with E-state index in [0.29, 0.717) is 38.9 Å². The molecule has 2 heterocycles. The summed E-state index contributed by atoms with van der Waals surface area (Å²) in [6.07, 6.45) is 2.84. The monoisotopic (exact) mass is 466 g/mol. The molecule has 7 nitrogen and oxygen atoms in total. The number of para-hydroxylation sites is 1. The highest BCUT2D eigenvalue weighted by molar-refractivity contribution is 5.90. The molecule has 0 spiro atoms. The molecule has 2 aliphatic rings. The van der Waals surface area contributed by atoms with Crippen molar-refractivity contribution in [3.05, 3.63) is 66.0 Å². The maximum atomic E-state index is 14.1. The SMILES string of the molecule is O=C(NCCCN1CCCC1=O)C1CC(c2ccccc2)CN(C(=O)Nc2ccccc2F)C1. The van der Waals surface area contributed by atoms with Crippen LogP contribution in [-0.2, 0) is 9.59 Å². The van der Waals surface area contributed by atoms with Crippen LogP contribution in [0.2, 0.25) is 0 Å². The molecule has 2 atom stereocenters. The lowest BCUT2D eigenvalue weighted by atomic mass is 9.84. The van der Waals surface area contributed by atoms with Crippen LogP contribution in [0.15, 0.2) is 54.6 Å². The van der Waals surface area contributed by atoms with Crippen molar-refractivity contribution in [1.29, 1.82) is 0 Å². The second-order valence-corrected chi connectivity index (χ2v) is 8.98. The van der Waals surface area contributed by atoms with Crippen molar-refractivity contribution in [3.63, 3.8) is 0 Å². The summed E-state index contributed by atoms with van der Waals surface area (Å²) in [5, 5.41) is 5.63. The fourth-order valence-corrected chi connectivity index (χ4v) is 4.74. The van der Waals surface area contributed by atoms with Gasteiger partial charge in [-0.1, -0.05) is 42.5 Å². The summed E-state index contributed by atoms with van der Waals surface area (Å²) in [4.78, 5) is 41.2. The number of hydrogen-bond acceptors (Lipinski definition) is 3. The topological polar surface area (TPSA) is 81.8 Å². The predicted molar refractivity (Wildman–Crippen MR) is 128 cm³/mol. The normalized spacial score (nSPS) is 20.3. The quantitative estimate of drug-likeness (QED) is 0.612. The van der Waals surface area contributed by atoms with Gasteiger partial charge in [0, 0.05) is 45.1 Å². The van der Waals surface area contributed by atoms with Crippen LogP contribution in [0.4, 0.5) is 14.9 Å². The number of amides is 4. The molecule has 2 fully saturated rings. The van der Waals surface area contributed by atoms with E-state index in [-0.39, 0.29) is 35.9 Å². The highest BCUT2D eigenvalue weighted by Gasteiger charge is 2.34. The number of halogens is 1. The average molecular weight is 467 g/mol. The third-order valence-corrected chi connectivity index (χ3v) is 6.57. The standard InChI is InChI=1S/C26H31FN4O3/c27-22-10-4-5-11-23(22)29-26(34)31-17-20(19-8-2-1-3-9-19)16-21(18-31)25(33)28-13-7-15-30-14-6-12-24(30)32/h1-5,8-11,20-21H,6-7,12-18H2,(H,28,33)(H,29,34). The minimum Gasteiger partial charge on any atom is -0.356 e. The van der Waals surface area contributed by atoms with Gasteiger partial charge in [-0.15, -0.1) is 0 Å². The first-order valence-electron chi connectivity index (χ1n) is 11.9. The number of anilines is 1. The van der Waals surface area contributed by atoms with E-state index in [1.165, 1.54) is 12.1 Å². The van der Waals surface area contributed by atoms with E-state index < -0.39 is 11.8 Å². The van der Waals surface area contributed by atoms with Crippen molar-refractivity contribution >= 4 is 23.5 Å². The van der Waals surface area contributed by atoms with Gasteiger partial charge in [0.2, 0.25) is 11.8 Å². The minimum atomic E-state index is -0.502. The molecular weight excluding hydrogens is 435 g/mol. The fourth-order valence-electron chi connectivity index (χ4n) is 4.74. The summed E-state index contributed by atoms with van der Waals surface area (Å²) < 4.78 is 14.1. The second-order valence-electron chi connectivity index (χ2n) is 8.98. The van der Waals surface area contributed by atoms with Gasteiger partial charge in [-0.25, -0.2) is 9.18 Å². The predicted octanol–water partition coefficient (Wildman–Crippen LogP) is 3.59. The van der Waals surface area contributed by atoms with Gasteiger partial charge >= 0.3 is 6.03 Å². The molecule has 34 heavy (non-hydrogen) atoms. The summed E-state index contributed by atoms with van der Waals surface area (Å²) in [5.74, 6) is -0.797. The van der Waals surface area contributed by atoms with Crippen molar-refractivity contribution in [1.82, 2.24) is 15.1 Å². The third-order valence-electron chi connectivity index (χ3n) is 6.57. The van der Waals surface area contributed by atoms with Gasteiger partial charge < -0.3 is 20.4 Å². The van der Waals surface area contributed by atoms with E-state index in [2.05, 4.69) is 10.6 Å². The number of piperidine rings is 1. The second kappa shape index (κ2) is 11.1. The maximum Gasteiger partial charge on any atom is 0.321 e. The zero-order valence-electron chi connectivity index (χ0n) is 19.2. The lowest BCUT2D eigenvalue weighted by molar-refractivity contribution is -0.127. The van der Waals surface area contributed by atoms with Gasteiger partial charge in [-0.2, -0.15) is 0 Å². The van der Waals surface area contributed by atoms with Crippen LogP contribution in [0, 0.1) is 11.7 Å². The van der Waals surface area contributed by atoms with Gasteiger partial charge in [0.1, 0.15) is 5.82 Å². The van der Waals surface area contributed by atoms with E-state index in [1.54, 1.807) is 17.0 Å². The van der Waals surface area contributed by atoms with Crippen LogP contribution < -0.4 is 10.6 Å². The Kier molecular flexibility index (Phi) is 7.77. The van der Waals surface area contributed by atoms with E-state index in [0.717, 1.165) is 18.5 Å². The summed E-state index contributed by atoms with van der Waals surface area (Å²) in [6, 6.07) is 15.5. The Morgan fingerprint density at radius 3 is 2.53 bits per heavy atom. The largest absolute Gasteiger partial charge is 0.356 e. The van der Waals surface area contributed by atoms with E-state index in [1.807, 2.05) is 35.2 Å². The Balaban J connectivity index is 1.38. The molecule has 2 saturated heterocycles. The van der Waals surface area contributed by atoms with Gasteiger partial charge in [0.25, 0.3) is 0 Å². The van der Waals surface area contributed by atoms with Crippen LogP contribution in [0.25, 0.3) is 0 Å². The lowest BCUT2D eigenvalue weighted by Gasteiger charge is -2.37. The summed E-state index contributed by atoms with van der Waals surface area (Å²) in [7, 11) is 0. The summed E-state index contributed by atoms with van der Waals surface area (Å²) >= 11 is 0. The molecule has 0 aromatic heterocycles. The Morgan fingerprint density at radius 2 is 1.79 bits per heavy atom. The molecule has 0 saturated carbocycles. The molecule has 0 aliphatic carbocycles. The third kappa shape index (κ3) is 5.92. The molecule has 0 bridgehead atoms. The zero-order valence-corrected chi connectivity index (χ0v) is 19.2. The Bertz CT molecular complexity index is 1020. The first-order chi connectivity index (χ1) is 16.5. The van der Waals surface area contributed by atoms with E-state index >= 15 is 0 Å². The molecule has 2 aliphatic heterocycles. The average Bonchev–Trinajstić information content (AvgIpc) is 3.27. The number of carbonyl (C=O) groups is 3. The number of likely N-dealkylation sites (tertiary alicyclic amines) is 2. The number of urea groups is 1. The van der Waals surface area contributed by atoms with Crippen LogP contribution in [0.5, 0.6) is 0 Å². The Labute approximate surface area is 199 Å². The molecule has 2 aromatic carbocycles. The van der Waals surface area contributed by atoms with Crippen LogP contribution in [0.1, 0.15) is 37.2 Å². The van der Waals surface area contributed by atoms with Crippen molar-refractivity contribution in [2.45, 2.75) is 31.6 Å². The number of carbonyl (C=O) groups excluding carboxylic acids is 3. The first kappa shape index (κ1) is 23.7. The first-order valence-corrected chi connectivity index (χ1v) is 11.9. The van der Waals surface area contributed by atoms with Gasteiger partial charge in [0.05, 0.1) is 11.6 Å². The molecular formula is C26H31FN4O3. The lowest BCUT2D eigenvalue weighted by Crippen LogP contribution is -2.49. The number of nitrogens with one attached hydrogen (secondary N) is 2. The molecule has 8 heteroatoms. The fraction of sp³-hybridized carbons (Fsp3) is 0.423. The maximum absolute atomic E-state index is 14.1. The van der Waals surface area contributed by atoms with Gasteiger partial charge in [0.15, 0.2) is 0 Å². The van der Waals surface area contributed by atoms with Crippen molar-refractivity contribution in [2.75, 3.05) is 38.0 Å². The Morgan fingerprint density at radius 1 is 1.03 bits per heavy atom. The van der Waals surface area contributed by atoms with Crippen LogP contribution >= 0.6 is 0 Å². The smallest absolute Gasteiger partial charge is 0.321 e. The number of nitrogens with zero attached hydrogens (tertiary/aromatic N) is 2. The highest BCUT2D eigenvalue weighted by atomic mass is 19.1. The molecule has 2 aromatic rings. The van der Waals surface area contributed by atoms with Crippen molar-refractivity contribution in [2.24, 2.45) is 5.92 Å². The van der Waals surface area contributed by atoms with Crippen molar-refractivity contribution < 1.29 is 18.8 Å². The minimum absolute atomic E-state index is 0.000656. The van der Waals surface area contributed by atoms with Crippen molar-refractivity contribution in [3.8, 4) is 0 Å². The van der Waals surface area contributed by atoms with E-state index in [4.69, 9.17) is 0 Å². The highest BCUT2D eigenvalue weighted by Crippen LogP contribution is 2.31. The summed E-state index contributed by atoms with van der Waals surface area (Å²) in [6.45, 7) is 2.63. The molecule has 4 amide bonds. The van der Waals surface area contributed by atoms with Crippen LogP contribution in [-0.4, -0.2) is 60.4 Å². The zero-order chi connectivity index (χ0) is 23.9. The molecule has 2 N–H and O–H groups in total. The number of rotatable bonds is 7. The molecule has 2 unspecified atom stereocenters. The number of hydrogen-bond donors (Lipinski definition) is 2. The molecule has 4 rings (SSSR count). The summed E-state index contributed by atoms with van der Waals surface area (Å²) in [5.41, 5.74) is 1.18. The van der Waals surface area contributed by atoms with Gasteiger partial charge in [-0.05, 0) is 37.0 Å². The van der Waals surface area contributed by atoms with Gasteiger partial charge in [-0.3, -0.25) is 9.59 Å².